The van der Waals surface area contributed by atoms with Gasteiger partial charge in [0.2, 0.25) is 5.91 Å². The molecule has 0 spiro atoms. The fourth-order valence-corrected chi connectivity index (χ4v) is 2.32. The highest BCUT2D eigenvalue weighted by atomic mass is 35.5. The van der Waals surface area contributed by atoms with Gasteiger partial charge in [-0.15, -0.1) is 12.4 Å². The summed E-state index contributed by atoms with van der Waals surface area (Å²) >= 11 is 0. The maximum atomic E-state index is 11.2. The van der Waals surface area contributed by atoms with Gasteiger partial charge < -0.3 is 10.6 Å². The molecule has 1 saturated heterocycles. The maximum Gasteiger partial charge on any atom is 0.224 e. The molecule has 0 radical (unpaired) electrons. The van der Waals surface area contributed by atoms with E-state index in [-0.39, 0.29) is 18.3 Å². The highest BCUT2D eigenvalue weighted by molar-refractivity contribution is 5.85. The van der Waals surface area contributed by atoms with E-state index in [0.717, 1.165) is 18.7 Å². The van der Waals surface area contributed by atoms with Gasteiger partial charge in [0.15, 0.2) is 0 Å². The van der Waals surface area contributed by atoms with Crippen LogP contribution in [0.4, 0.5) is 0 Å². The molecule has 2 rings (SSSR count). The molecular formula is C14H21ClN2O. The molecular weight excluding hydrogens is 248 g/mol. The van der Waals surface area contributed by atoms with Crippen molar-refractivity contribution >= 4 is 18.3 Å². The summed E-state index contributed by atoms with van der Waals surface area (Å²) in [5.74, 6) is 0.704. The van der Waals surface area contributed by atoms with Crippen molar-refractivity contribution < 1.29 is 4.79 Å². The van der Waals surface area contributed by atoms with Crippen LogP contribution in [0.2, 0.25) is 0 Å². The molecule has 1 aromatic carbocycles. The number of carbonyl (C=O) groups excluding carboxylic acids is 1. The van der Waals surface area contributed by atoms with Crippen molar-refractivity contribution in [2.75, 3.05) is 20.1 Å². The van der Waals surface area contributed by atoms with E-state index in [1.807, 2.05) is 0 Å². The van der Waals surface area contributed by atoms with Crippen LogP contribution in [0.5, 0.6) is 0 Å². The predicted molar refractivity (Wildman–Crippen MR) is 76.3 cm³/mol. The Morgan fingerprint density at radius 3 is 2.67 bits per heavy atom. The number of carbonyl (C=O) groups is 1. The average molecular weight is 269 g/mol. The van der Waals surface area contributed by atoms with E-state index in [4.69, 9.17) is 0 Å². The van der Waals surface area contributed by atoms with Crippen LogP contribution < -0.4 is 10.6 Å². The fraction of sp³-hybridized carbons (Fsp3) is 0.500. The normalized spacial score (nSPS) is 18.8. The molecule has 1 amide bonds. The molecule has 1 aromatic rings. The van der Waals surface area contributed by atoms with Crippen LogP contribution in [-0.4, -0.2) is 26.0 Å². The summed E-state index contributed by atoms with van der Waals surface area (Å²) in [6.07, 6.45) is 2.99. The summed E-state index contributed by atoms with van der Waals surface area (Å²) in [6.45, 7) is 2.22. The number of rotatable bonds is 3. The lowest BCUT2D eigenvalue weighted by Gasteiger charge is -2.23. The molecule has 2 N–H and O–H groups in total. The standard InChI is InChI=1S/C14H20N2O.ClH/c1-15-14(17)9-11-4-6-12(7-5-11)13-3-2-8-16-10-13;/h4-7,13,16H,2-3,8-10H2,1H3,(H,15,17);1H. The van der Waals surface area contributed by atoms with Crippen molar-refractivity contribution in [2.24, 2.45) is 0 Å². The van der Waals surface area contributed by atoms with Gasteiger partial charge in [-0.3, -0.25) is 4.79 Å². The number of hydrogen-bond acceptors (Lipinski definition) is 2. The molecule has 0 aromatic heterocycles. The Balaban J connectivity index is 0.00000162. The summed E-state index contributed by atoms with van der Waals surface area (Å²) in [5, 5.41) is 6.07. The lowest BCUT2D eigenvalue weighted by Crippen LogP contribution is -2.28. The molecule has 0 aliphatic carbocycles. The lowest BCUT2D eigenvalue weighted by molar-refractivity contribution is -0.119. The summed E-state index contributed by atoms with van der Waals surface area (Å²) in [4.78, 5) is 11.2. The zero-order valence-corrected chi connectivity index (χ0v) is 11.6. The summed E-state index contributed by atoms with van der Waals surface area (Å²) in [7, 11) is 1.67. The van der Waals surface area contributed by atoms with Crippen LogP contribution in [-0.2, 0) is 11.2 Å². The van der Waals surface area contributed by atoms with Crippen molar-refractivity contribution in [1.82, 2.24) is 10.6 Å². The smallest absolute Gasteiger partial charge is 0.224 e. The Morgan fingerprint density at radius 1 is 1.39 bits per heavy atom. The number of likely N-dealkylation sites (N-methyl/N-ethyl adjacent to an activating group) is 1. The van der Waals surface area contributed by atoms with Gasteiger partial charge in [-0.1, -0.05) is 24.3 Å². The van der Waals surface area contributed by atoms with Crippen LogP contribution >= 0.6 is 12.4 Å². The largest absolute Gasteiger partial charge is 0.359 e. The molecule has 3 nitrogen and oxygen atoms in total. The fourth-order valence-electron chi connectivity index (χ4n) is 2.32. The van der Waals surface area contributed by atoms with Crippen molar-refractivity contribution in [1.29, 1.82) is 0 Å². The molecule has 4 heteroatoms. The molecule has 0 saturated carbocycles. The van der Waals surface area contributed by atoms with Crippen LogP contribution in [0, 0.1) is 0 Å². The molecule has 1 aliphatic heterocycles. The van der Waals surface area contributed by atoms with Gasteiger partial charge in [-0.05, 0) is 36.4 Å². The van der Waals surface area contributed by atoms with Crippen LogP contribution in [0.3, 0.4) is 0 Å². The number of nitrogens with one attached hydrogen (secondary N) is 2. The quantitative estimate of drug-likeness (QED) is 0.879. The number of halogens is 1. The molecule has 0 bridgehead atoms. The first-order valence-corrected chi connectivity index (χ1v) is 6.29. The number of piperidine rings is 1. The molecule has 1 aliphatic rings. The van der Waals surface area contributed by atoms with Gasteiger partial charge in [0.1, 0.15) is 0 Å². The minimum absolute atomic E-state index is 0. The Bertz CT molecular complexity index is 372. The van der Waals surface area contributed by atoms with Gasteiger partial charge >= 0.3 is 0 Å². The second-order valence-corrected chi connectivity index (χ2v) is 4.63. The molecule has 1 unspecified atom stereocenters. The van der Waals surface area contributed by atoms with E-state index < -0.39 is 0 Å². The predicted octanol–water partition coefficient (Wildman–Crippen LogP) is 1.86. The Kier molecular flexibility index (Phi) is 6.16. The van der Waals surface area contributed by atoms with E-state index in [9.17, 15) is 4.79 Å². The van der Waals surface area contributed by atoms with E-state index in [1.54, 1.807) is 7.05 Å². The topological polar surface area (TPSA) is 41.1 Å². The molecule has 1 atom stereocenters. The third-order valence-corrected chi connectivity index (χ3v) is 3.39. The number of amides is 1. The minimum atomic E-state index is 0. The van der Waals surface area contributed by atoms with Crippen LogP contribution in [0.25, 0.3) is 0 Å². The second kappa shape index (κ2) is 7.39. The van der Waals surface area contributed by atoms with Crippen molar-refractivity contribution in [3.8, 4) is 0 Å². The van der Waals surface area contributed by atoms with Crippen LogP contribution in [0.1, 0.15) is 29.9 Å². The Morgan fingerprint density at radius 2 is 2.11 bits per heavy atom. The first-order valence-electron chi connectivity index (χ1n) is 6.29. The average Bonchev–Trinajstić information content (AvgIpc) is 2.40. The maximum absolute atomic E-state index is 11.2. The third-order valence-electron chi connectivity index (χ3n) is 3.39. The van der Waals surface area contributed by atoms with Gasteiger partial charge in [0.05, 0.1) is 6.42 Å². The SMILES string of the molecule is CNC(=O)Cc1ccc(C2CCCNC2)cc1.Cl. The first kappa shape index (κ1) is 15.0. The van der Waals surface area contributed by atoms with Gasteiger partial charge in [-0.2, -0.15) is 0 Å². The third kappa shape index (κ3) is 4.00. The Labute approximate surface area is 115 Å². The zero-order valence-electron chi connectivity index (χ0n) is 10.7. The number of benzene rings is 1. The van der Waals surface area contributed by atoms with E-state index in [0.29, 0.717) is 12.3 Å². The van der Waals surface area contributed by atoms with E-state index in [2.05, 4.69) is 34.9 Å². The Hall–Kier alpha value is -1.06. The molecule has 18 heavy (non-hydrogen) atoms. The van der Waals surface area contributed by atoms with Crippen molar-refractivity contribution in [3.63, 3.8) is 0 Å². The lowest BCUT2D eigenvalue weighted by atomic mass is 9.91. The summed E-state index contributed by atoms with van der Waals surface area (Å²) < 4.78 is 0. The minimum Gasteiger partial charge on any atom is -0.359 e. The monoisotopic (exact) mass is 268 g/mol. The van der Waals surface area contributed by atoms with E-state index in [1.165, 1.54) is 18.4 Å². The summed E-state index contributed by atoms with van der Waals surface area (Å²) in [5.41, 5.74) is 2.47. The van der Waals surface area contributed by atoms with Gasteiger partial charge in [0, 0.05) is 13.6 Å². The summed E-state index contributed by atoms with van der Waals surface area (Å²) in [6, 6.07) is 8.46. The van der Waals surface area contributed by atoms with Gasteiger partial charge in [0.25, 0.3) is 0 Å². The molecule has 1 fully saturated rings. The van der Waals surface area contributed by atoms with Crippen molar-refractivity contribution in [2.45, 2.75) is 25.2 Å². The van der Waals surface area contributed by atoms with E-state index >= 15 is 0 Å². The van der Waals surface area contributed by atoms with Gasteiger partial charge in [-0.25, -0.2) is 0 Å². The molecule has 1 heterocycles. The number of hydrogen-bond donors (Lipinski definition) is 2. The van der Waals surface area contributed by atoms with Crippen molar-refractivity contribution in [3.05, 3.63) is 35.4 Å². The highest BCUT2D eigenvalue weighted by Crippen LogP contribution is 2.23. The highest BCUT2D eigenvalue weighted by Gasteiger charge is 2.14. The molecule has 100 valence electrons. The van der Waals surface area contributed by atoms with Crippen LogP contribution in [0.15, 0.2) is 24.3 Å². The second-order valence-electron chi connectivity index (χ2n) is 4.63. The first-order chi connectivity index (χ1) is 8.29. The zero-order chi connectivity index (χ0) is 12.1.